The molecule has 5 nitrogen and oxygen atoms in total. The number of hydrogen-bond donors (Lipinski definition) is 1. The third kappa shape index (κ3) is 6.36. The minimum Gasteiger partial charge on any atom is -0.346 e. The van der Waals surface area contributed by atoms with E-state index in [-0.39, 0.29) is 5.91 Å². The van der Waals surface area contributed by atoms with Crippen LogP contribution in [0.4, 0.5) is 0 Å². The first kappa shape index (κ1) is 12.8. The van der Waals surface area contributed by atoms with Gasteiger partial charge in [-0.15, -0.1) is 0 Å². The summed E-state index contributed by atoms with van der Waals surface area (Å²) in [4.78, 5) is 21.7. The van der Waals surface area contributed by atoms with E-state index in [0.29, 0.717) is 0 Å². The van der Waals surface area contributed by atoms with Crippen LogP contribution in [-0.2, 0) is 19.4 Å². The Morgan fingerprint density at radius 2 is 1.86 bits per heavy atom. The summed E-state index contributed by atoms with van der Waals surface area (Å²) in [6.45, 7) is 2.76. The predicted molar refractivity (Wildman–Crippen MR) is 52.3 cm³/mol. The minimum absolute atomic E-state index is 0.335. The van der Waals surface area contributed by atoms with Crippen LogP contribution >= 0.6 is 0 Å². The lowest BCUT2D eigenvalue weighted by atomic mass is 10.2. The van der Waals surface area contributed by atoms with Crippen molar-refractivity contribution in [1.29, 1.82) is 0 Å². The van der Waals surface area contributed by atoms with Crippen LogP contribution in [0.5, 0.6) is 0 Å². The van der Waals surface area contributed by atoms with Gasteiger partial charge >= 0.3 is 0 Å². The summed E-state index contributed by atoms with van der Waals surface area (Å²) in [6, 6.07) is -0.703. The molecule has 1 atom stereocenters. The van der Waals surface area contributed by atoms with Crippen molar-refractivity contribution < 1.29 is 18.0 Å². The fraction of sp³-hybridized carbons (Fsp3) is 0.500. The van der Waals surface area contributed by atoms with Gasteiger partial charge in [-0.05, 0) is 13.0 Å². The molecule has 0 rings (SSSR count). The maximum atomic E-state index is 11.2. The van der Waals surface area contributed by atoms with Gasteiger partial charge in [-0.3, -0.25) is 9.59 Å². The van der Waals surface area contributed by atoms with E-state index in [1.54, 1.807) is 0 Å². The molecule has 0 aliphatic carbocycles. The minimum atomic E-state index is -3.30. The molecule has 0 radical (unpaired) electrons. The van der Waals surface area contributed by atoms with Gasteiger partial charge in [0, 0.05) is 18.6 Å². The molecule has 6 heteroatoms. The average Bonchev–Trinajstić information content (AvgIpc) is 1.97. The van der Waals surface area contributed by atoms with Gasteiger partial charge in [-0.1, -0.05) is 0 Å². The number of carbonyl (C=O) groups excluding carboxylic acids is 2. The molecule has 1 amide bonds. The number of amides is 1. The first-order valence-corrected chi connectivity index (χ1v) is 5.87. The molecule has 80 valence electrons. The molecule has 0 aromatic rings. The van der Waals surface area contributed by atoms with Crippen molar-refractivity contribution in [2.24, 2.45) is 0 Å². The first-order chi connectivity index (χ1) is 6.22. The highest BCUT2D eigenvalue weighted by Crippen LogP contribution is 1.91. The monoisotopic (exact) mass is 219 g/mol. The number of rotatable bonds is 4. The fourth-order valence-corrected chi connectivity index (χ4v) is 1.09. The topological polar surface area (TPSA) is 80.3 Å². The van der Waals surface area contributed by atoms with Crippen LogP contribution in [0.3, 0.4) is 0 Å². The van der Waals surface area contributed by atoms with Crippen LogP contribution < -0.4 is 5.32 Å². The van der Waals surface area contributed by atoms with Crippen molar-refractivity contribution in [2.45, 2.75) is 19.9 Å². The highest BCUT2D eigenvalue weighted by Gasteiger charge is 2.10. The zero-order chi connectivity index (χ0) is 11.4. The van der Waals surface area contributed by atoms with Crippen LogP contribution in [0, 0.1) is 0 Å². The van der Waals surface area contributed by atoms with Crippen LogP contribution in [0.1, 0.15) is 13.8 Å². The number of carbonyl (C=O) groups is 2. The standard InChI is InChI=1S/C8H13NO4S/c1-6(9-7(2)10)8(11)4-5-14(3,12)13/h4-6H,1-3H3,(H,9,10)/b5-4-/t6-/m0/s1. The van der Waals surface area contributed by atoms with Gasteiger partial charge < -0.3 is 5.32 Å². The summed E-state index contributed by atoms with van der Waals surface area (Å²) in [7, 11) is -3.30. The molecule has 0 unspecified atom stereocenters. The van der Waals surface area contributed by atoms with Crippen molar-refractivity contribution in [3.63, 3.8) is 0 Å². The zero-order valence-electron chi connectivity index (χ0n) is 8.27. The fourth-order valence-electron chi connectivity index (χ4n) is 0.711. The Balaban J connectivity index is 4.36. The average molecular weight is 219 g/mol. The maximum Gasteiger partial charge on any atom is 0.217 e. The molecule has 0 saturated carbocycles. The number of sulfone groups is 1. The Hall–Kier alpha value is -1.17. The quantitative estimate of drug-likeness (QED) is 0.655. The molecular weight excluding hydrogens is 206 g/mol. The molecule has 0 bridgehead atoms. The summed E-state index contributed by atoms with van der Waals surface area (Å²) in [5.74, 6) is -0.788. The Bertz CT molecular complexity index is 356. The summed E-state index contributed by atoms with van der Waals surface area (Å²) >= 11 is 0. The van der Waals surface area contributed by atoms with E-state index >= 15 is 0 Å². The van der Waals surface area contributed by atoms with Gasteiger partial charge in [0.2, 0.25) is 5.91 Å². The third-order valence-electron chi connectivity index (χ3n) is 1.33. The summed E-state index contributed by atoms with van der Waals surface area (Å²) < 4.78 is 21.3. The molecule has 1 N–H and O–H groups in total. The molecule has 0 fully saturated rings. The van der Waals surface area contributed by atoms with Crippen LogP contribution in [0.2, 0.25) is 0 Å². The number of nitrogens with one attached hydrogen (secondary N) is 1. The van der Waals surface area contributed by atoms with E-state index in [2.05, 4.69) is 5.32 Å². The second-order valence-corrected chi connectivity index (χ2v) is 4.89. The zero-order valence-corrected chi connectivity index (χ0v) is 9.09. The van der Waals surface area contributed by atoms with Gasteiger partial charge in [0.15, 0.2) is 15.6 Å². The Morgan fingerprint density at radius 3 is 2.21 bits per heavy atom. The van der Waals surface area contributed by atoms with Crippen molar-refractivity contribution in [1.82, 2.24) is 5.32 Å². The molecule has 0 heterocycles. The smallest absolute Gasteiger partial charge is 0.217 e. The highest BCUT2D eigenvalue weighted by atomic mass is 32.2. The normalized spacial score (nSPS) is 13.9. The van der Waals surface area contributed by atoms with Crippen molar-refractivity contribution in [2.75, 3.05) is 6.26 Å². The number of hydrogen-bond acceptors (Lipinski definition) is 4. The molecule has 0 spiro atoms. The summed E-state index contributed by atoms with van der Waals surface area (Å²) in [5, 5.41) is 3.16. The molecule has 0 aliphatic rings. The van der Waals surface area contributed by atoms with Gasteiger partial charge in [0.1, 0.15) is 0 Å². The third-order valence-corrected chi connectivity index (χ3v) is 1.96. The van der Waals surface area contributed by atoms with Gasteiger partial charge in [0.25, 0.3) is 0 Å². The number of ketones is 1. The Labute approximate surface area is 83.1 Å². The molecular formula is C8H13NO4S. The maximum absolute atomic E-state index is 11.2. The van der Waals surface area contributed by atoms with Crippen molar-refractivity contribution >= 4 is 21.5 Å². The van der Waals surface area contributed by atoms with E-state index in [1.807, 2.05) is 0 Å². The SMILES string of the molecule is CC(=O)N[C@@H](C)C(=O)/C=C\S(C)(=O)=O. The molecule has 14 heavy (non-hydrogen) atoms. The van der Waals surface area contributed by atoms with Gasteiger partial charge in [-0.25, -0.2) is 8.42 Å². The van der Waals surface area contributed by atoms with Crippen molar-refractivity contribution in [3.8, 4) is 0 Å². The van der Waals surface area contributed by atoms with E-state index in [9.17, 15) is 18.0 Å². The molecule has 0 aromatic carbocycles. The van der Waals surface area contributed by atoms with Crippen LogP contribution in [0.15, 0.2) is 11.5 Å². The van der Waals surface area contributed by atoms with Crippen LogP contribution in [0.25, 0.3) is 0 Å². The largest absolute Gasteiger partial charge is 0.346 e. The first-order valence-electron chi connectivity index (χ1n) is 3.91. The van der Waals surface area contributed by atoms with E-state index < -0.39 is 21.7 Å². The van der Waals surface area contributed by atoms with Crippen molar-refractivity contribution in [3.05, 3.63) is 11.5 Å². The molecule has 0 aliphatic heterocycles. The Kier molecular flexibility index (Phi) is 4.49. The lowest BCUT2D eigenvalue weighted by molar-refractivity contribution is -0.124. The van der Waals surface area contributed by atoms with E-state index in [0.717, 1.165) is 17.7 Å². The lowest BCUT2D eigenvalue weighted by Crippen LogP contribution is -2.36. The predicted octanol–water partition coefficient (Wildman–Crippen LogP) is -0.362. The second-order valence-electron chi connectivity index (χ2n) is 2.96. The summed E-state index contributed by atoms with van der Waals surface area (Å²) in [6.07, 6.45) is 1.93. The van der Waals surface area contributed by atoms with E-state index in [4.69, 9.17) is 0 Å². The van der Waals surface area contributed by atoms with E-state index in [1.165, 1.54) is 13.8 Å². The van der Waals surface area contributed by atoms with Crippen LogP contribution in [-0.4, -0.2) is 32.4 Å². The summed E-state index contributed by atoms with van der Waals surface area (Å²) in [5.41, 5.74) is 0. The molecule has 0 aromatic heterocycles. The van der Waals surface area contributed by atoms with Gasteiger partial charge in [-0.2, -0.15) is 0 Å². The van der Waals surface area contributed by atoms with Gasteiger partial charge in [0.05, 0.1) is 6.04 Å². The Morgan fingerprint density at radius 1 is 1.36 bits per heavy atom. The lowest BCUT2D eigenvalue weighted by Gasteiger charge is -2.07. The second kappa shape index (κ2) is 4.90. The highest BCUT2D eigenvalue weighted by molar-refractivity contribution is 7.93. The molecule has 0 saturated heterocycles.